The third-order valence-electron chi connectivity index (χ3n) is 6.26. The molecule has 0 saturated heterocycles. The van der Waals surface area contributed by atoms with Gasteiger partial charge in [-0.1, -0.05) is 42.5 Å². The number of carboxylic acid groups (broad SMARTS) is 1. The van der Waals surface area contributed by atoms with Crippen LogP contribution < -0.4 is 0 Å². The van der Waals surface area contributed by atoms with Gasteiger partial charge in [-0.05, 0) is 62.1 Å². The highest BCUT2D eigenvalue weighted by molar-refractivity contribution is 5.83. The molecule has 0 unspecified atom stereocenters. The lowest BCUT2D eigenvalue weighted by Gasteiger charge is -2.28. The molecule has 1 aliphatic rings. The molecule has 0 atom stereocenters. The Balaban J connectivity index is 1.55. The van der Waals surface area contributed by atoms with Gasteiger partial charge in [0.25, 0.3) is 0 Å². The van der Waals surface area contributed by atoms with Crippen LogP contribution in [-0.4, -0.2) is 34.1 Å². The van der Waals surface area contributed by atoms with Gasteiger partial charge in [-0.2, -0.15) is 5.10 Å². The van der Waals surface area contributed by atoms with E-state index in [1.54, 1.807) is 12.1 Å². The molecule has 4 rings (SSSR count). The van der Waals surface area contributed by atoms with Crippen LogP contribution in [0.5, 0.6) is 0 Å². The summed E-state index contributed by atoms with van der Waals surface area (Å²) in [6.07, 6.45) is 4.13. The molecule has 0 amide bonds. The van der Waals surface area contributed by atoms with Crippen molar-refractivity contribution in [2.24, 2.45) is 11.8 Å². The predicted molar refractivity (Wildman–Crippen MR) is 122 cm³/mol. The van der Waals surface area contributed by atoms with Crippen LogP contribution in [0.25, 0.3) is 22.4 Å². The Hall–Kier alpha value is -2.99. The summed E-state index contributed by atoms with van der Waals surface area (Å²) in [4.78, 5) is 10.6. The van der Waals surface area contributed by atoms with E-state index in [0.717, 1.165) is 60.3 Å². The number of hydrogen-bond acceptors (Lipinski definition) is 3. The van der Waals surface area contributed by atoms with E-state index >= 15 is 0 Å². The number of nitrogens with zero attached hydrogens (tertiary/aromatic N) is 2. The van der Waals surface area contributed by atoms with Crippen LogP contribution in [0.3, 0.4) is 0 Å². The number of carboxylic acids is 1. The Labute approximate surface area is 187 Å². The number of halogens is 1. The topological polar surface area (TPSA) is 64.4 Å². The lowest BCUT2D eigenvalue weighted by Crippen LogP contribution is -2.23. The van der Waals surface area contributed by atoms with Crippen LogP contribution in [0.2, 0.25) is 0 Å². The van der Waals surface area contributed by atoms with Crippen molar-refractivity contribution >= 4 is 5.97 Å². The van der Waals surface area contributed by atoms with Gasteiger partial charge in [0.05, 0.1) is 18.0 Å². The first kappa shape index (κ1) is 22.2. The van der Waals surface area contributed by atoms with Crippen molar-refractivity contribution in [1.82, 2.24) is 9.78 Å². The van der Waals surface area contributed by atoms with Crippen LogP contribution in [-0.2, 0) is 16.1 Å². The number of aromatic nitrogens is 2. The molecule has 3 aromatic rings. The fraction of sp³-hybridized carbons (Fsp3) is 0.385. The number of carbonyl (C=O) groups is 1. The van der Waals surface area contributed by atoms with E-state index in [0.29, 0.717) is 18.4 Å². The molecule has 1 saturated carbocycles. The Morgan fingerprint density at radius 3 is 2.44 bits per heavy atom. The number of rotatable bonds is 8. The van der Waals surface area contributed by atoms with Crippen molar-refractivity contribution in [2.45, 2.75) is 39.2 Å². The smallest absolute Gasteiger partial charge is 0.329 e. The van der Waals surface area contributed by atoms with E-state index in [1.165, 1.54) is 6.07 Å². The highest BCUT2D eigenvalue weighted by Crippen LogP contribution is 2.37. The molecule has 1 aliphatic carbocycles. The standard InChI is InChI=1S/C26H29FN2O3/c1-18-25(21-6-3-2-4-7-21)26(22-8-5-9-23(27)14-22)29(28-18)15-19-10-12-20(13-11-19)16-32-17-24(30)31/h2-9,14,19-20H,10-13,15-17H2,1H3,(H,30,31)/t19-,20+. The third-order valence-corrected chi connectivity index (χ3v) is 6.26. The van der Waals surface area contributed by atoms with Crippen LogP contribution in [0, 0.1) is 24.6 Å². The maximum Gasteiger partial charge on any atom is 0.329 e. The molecule has 1 N–H and O–H groups in total. The zero-order chi connectivity index (χ0) is 22.5. The van der Waals surface area contributed by atoms with Crippen molar-refractivity contribution in [1.29, 1.82) is 0 Å². The fourth-order valence-electron chi connectivity index (χ4n) is 4.73. The molecule has 32 heavy (non-hydrogen) atoms. The molecule has 0 aliphatic heterocycles. The normalized spacial score (nSPS) is 18.6. The van der Waals surface area contributed by atoms with Crippen molar-refractivity contribution in [3.05, 3.63) is 66.1 Å². The van der Waals surface area contributed by atoms with E-state index in [1.807, 2.05) is 31.2 Å². The summed E-state index contributed by atoms with van der Waals surface area (Å²) in [5.74, 6) is -0.297. The lowest BCUT2D eigenvalue weighted by molar-refractivity contribution is -0.142. The quantitative estimate of drug-likeness (QED) is 0.501. The van der Waals surface area contributed by atoms with Gasteiger partial charge in [-0.25, -0.2) is 9.18 Å². The second-order valence-electron chi connectivity index (χ2n) is 8.66. The minimum absolute atomic E-state index is 0.230. The van der Waals surface area contributed by atoms with E-state index in [2.05, 4.69) is 16.8 Å². The van der Waals surface area contributed by atoms with Crippen molar-refractivity contribution in [2.75, 3.05) is 13.2 Å². The van der Waals surface area contributed by atoms with Gasteiger partial charge in [0.2, 0.25) is 0 Å². The number of benzene rings is 2. The van der Waals surface area contributed by atoms with Gasteiger partial charge in [0.15, 0.2) is 0 Å². The Morgan fingerprint density at radius 2 is 1.75 bits per heavy atom. The first-order valence-corrected chi connectivity index (χ1v) is 11.2. The monoisotopic (exact) mass is 436 g/mol. The summed E-state index contributed by atoms with van der Waals surface area (Å²) in [5.41, 5.74) is 4.85. The summed E-state index contributed by atoms with van der Waals surface area (Å²) in [5, 5.41) is 13.6. The first-order chi connectivity index (χ1) is 15.5. The van der Waals surface area contributed by atoms with Crippen molar-refractivity contribution in [3.8, 4) is 22.4 Å². The largest absolute Gasteiger partial charge is 0.480 e. The van der Waals surface area contributed by atoms with Crippen molar-refractivity contribution in [3.63, 3.8) is 0 Å². The van der Waals surface area contributed by atoms with Gasteiger partial charge in [-0.15, -0.1) is 0 Å². The zero-order valence-electron chi connectivity index (χ0n) is 18.3. The highest BCUT2D eigenvalue weighted by Gasteiger charge is 2.25. The molecule has 1 heterocycles. The Bertz CT molecular complexity index is 1060. The van der Waals surface area contributed by atoms with Gasteiger partial charge in [-0.3, -0.25) is 4.68 Å². The number of aliphatic carboxylic acids is 1. The van der Waals surface area contributed by atoms with E-state index in [-0.39, 0.29) is 12.4 Å². The second kappa shape index (κ2) is 10.1. The summed E-state index contributed by atoms with van der Waals surface area (Å²) in [7, 11) is 0. The SMILES string of the molecule is Cc1nn(C[C@H]2CC[C@@H](COCC(=O)O)CC2)c(-c2cccc(F)c2)c1-c1ccccc1. The maximum atomic E-state index is 14.1. The third kappa shape index (κ3) is 5.25. The zero-order valence-corrected chi connectivity index (χ0v) is 18.3. The molecular weight excluding hydrogens is 407 g/mol. The molecule has 1 aromatic heterocycles. The number of aryl methyl sites for hydroxylation is 1. The predicted octanol–water partition coefficient (Wildman–Crippen LogP) is 5.57. The number of hydrogen-bond donors (Lipinski definition) is 1. The molecule has 0 spiro atoms. The van der Waals surface area contributed by atoms with Crippen molar-refractivity contribution < 1.29 is 19.0 Å². The van der Waals surface area contributed by atoms with Crippen LogP contribution in [0.4, 0.5) is 4.39 Å². The minimum atomic E-state index is -0.924. The van der Waals surface area contributed by atoms with E-state index < -0.39 is 5.97 Å². The summed E-state index contributed by atoms with van der Waals surface area (Å²) >= 11 is 0. The first-order valence-electron chi connectivity index (χ1n) is 11.2. The van der Waals surface area contributed by atoms with Crippen LogP contribution >= 0.6 is 0 Å². The second-order valence-corrected chi connectivity index (χ2v) is 8.66. The highest BCUT2D eigenvalue weighted by atomic mass is 19.1. The van der Waals surface area contributed by atoms with Gasteiger partial charge < -0.3 is 9.84 Å². The Morgan fingerprint density at radius 1 is 1.06 bits per heavy atom. The minimum Gasteiger partial charge on any atom is -0.480 e. The molecular formula is C26H29FN2O3. The van der Waals surface area contributed by atoms with Gasteiger partial charge in [0, 0.05) is 17.7 Å². The van der Waals surface area contributed by atoms with E-state index in [4.69, 9.17) is 14.9 Å². The Kier molecular flexibility index (Phi) is 7.00. The van der Waals surface area contributed by atoms with Crippen LogP contribution in [0.15, 0.2) is 54.6 Å². The molecule has 2 aromatic carbocycles. The van der Waals surface area contributed by atoms with Crippen LogP contribution in [0.1, 0.15) is 31.4 Å². The molecule has 0 bridgehead atoms. The average Bonchev–Trinajstić information content (AvgIpc) is 3.11. The van der Waals surface area contributed by atoms with E-state index in [9.17, 15) is 9.18 Å². The summed E-state index contributed by atoms with van der Waals surface area (Å²) in [6.45, 7) is 3.07. The summed E-state index contributed by atoms with van der Waals surface area (Å²) < 4.78 is 21.4. The lowest BCUT2D eigenvalue weighted by atomic mass is 9.82. The van der Waals surface area contributed by atoms with Gasteiger partial charge in [0.1, 0.15) is 12.4 Å². The average molecular weight is 437 g/mol. The van der Waals surface area contributed by atoms with Gasteiger partial charge >= 0.3 is 5.97 Å². The molecule has 168 valence electrons. The number of ether oxygens (including phenoxy) is 1. The summed E-state index contributed by atoms with van der Waals surface area (Å²) in [6, 6.07) is 16.9. The molecule has 6 heteroatoms. The maximum absolute atomic E-state index is 14.1. The molecule has 5 nitrogen and oxygen atoms in total. The molecule has 0 radical (unpaired) electrons. The fourth-order valence-corrected chi connectivity index (χ4v) is 4.73. The molecule has 1 fully saturated rings.